The fourth-order valence-corrected chi connectivity index (χ4v) is 5.67. The molecule has 11 heteroatoms. The Morgan fingerprint density at radius 2 is 2.05 bits per heavy atom. The van der Waals surface area contributed by atoms with Gasteiger partial charge in [0.2, 0.25) is 17.6 Å². The Balaban J connectivity index is 1.28. The van der Waals surface area contributed by atoms with E-state index in [1.54, 1.807) is 12.4 Å². The standard InChI is InChI=1S/C31H38N8O3/c1-5-39-18-23(16-33-39)34-30-32-11-8-26(35-30)21-6-7-25-20(15-27(40)28-36-37-29(42-28)31(2,3)4)9-12-38(17-22(25)14-21)24-10-13-41-19-24/h6-8,11,14,16,18,20,24H,5,9-10,12-13,15,17,19H2,1-4H3,(H,32,34,35)/t20-,24-/m1/s1. The van der Waals surface area contributed by atoms with Crippen molar-refractivity contribution >= 4 is 17.4 Å². The van der Waals surface area contributed by atoms with Crippen molar-refractivity contribution < 1.29 is 13.9 Å². The van der Waals surface area contributed by atoms with Gasteiger partial charge in [0.25, 0.3) is 5.89 Å². The summed E-state index contributed by atoms with van der Waals surface area (Å²) in [5, 5.41) is 15.8. The quantitative estimate of drug-likeness (QED) is 0.285. The molecule has 4 aromatic rings. The number of carbonyl (C=O) groups is 1. The normalized spacial score (nSPS) is 19.4. The number of ketones is 1. The van der Waals surface area contributed by atoms with Crippen LogP contribution in [-0.4, -0.2) is 66.4 Å². The number of hydrogen-bond donors (Lipinski definition) is 1. The van der Waals surface area contributed by atoms with E-state index in [1.165, 1.54) is 11.1 Å². The van der Waals surface area contributed by atoms with E-state index in [2.05, 4.69) is 48.7 Å². The molecule has 42 heavy (non-hydrogen) atoms. The van der Waals surface area contributed by atoms with Crippen LogP contribution >= 0.6 is 0 Å². The maximum atomic E-state index is 13.3. The lowest BCUT2D eigenvalue weighted by Gasteiger charge is -2.26. The third-order valence-electron chi connectivity index (χ3n) is 8.04. The average molecular weight is 571 g/mol. The number of ether oxygens (including phenoxy) is 1. The summed E-state index contributed by atoms with van der Waals surface area (Å²) in [5.74, 6) is 1.00. The molecule has 11 nitrogen and oxygen atoms in total. The molecule has 2 atom stereocenters. The lowest BCUT2D eigenvalue weighted by atomic mass is 9.87. The highest BCUT2D eigenvalue weighted by atomic mass is 16.5. The number of fused-ring (bicyclic) bond motifs is 1. The number of nitrogens with one attached hydrogen (secondary N) is 1. The number of nitrogens with zero attached hydrogens (tertiary/aromatic N) is 7. The Kier molecular flexibility index (Phi) is 7.87. The minimum absolute atomic E-state index is 0.0385. The number of hydrogen-bond acceptors (Lipinski definition) is 10. The first kappa shape index (κ1) is 28.2. The molecule has 3 aromatic heterocycles. The van der Waals surface area contributed by atoms with Crippen LogP contribution in [-0.2, 0) is 23.2 Å². The lowest BCUT2D eigenvalue weighted by molar-refractivity contribution is 0.0931. The molecule has 1 fully saturated rings. The van der Waals surface area contributed by atoms with Crippen molar-refractivity contribution in [2.75, 3.05) is 25.1 Å². The van der Waals surface area contributed by atoms with E-state index in [-0.39, 0.29) is 23.0 Å². The molecule has 6 rings (SSSR count). The van der Waals surface area contributed by atoms with Crippen LogP contribution in [0.5, 0.6) is 0 Å². The fraction of sp³-hybridized carbons (Fsp3) is 0.484. The van der Waals surface area contributed by atoms with Gasteiger partial charge in [-0.3, -0.25) is 14.4 Å². The summed E-state index contributed by atoms with van der Waals surface area (Å²) >= 11 is 0. The summed E-state index contributed by atoms with van der Waals surface area (Å²) in [6.07, 6.45) is 7.66. The second kappa shape index (κ2) is 11.7. The summed E-state index contributed by atoms with van der Waals surface area (Å²) in [7, 11) is 0. The van der Waals surface area contributed by atoms with Gasteiger partial charge in [-0.1, -0.05) is 32.9 Å². The van der Waals surface area contributed by atoms with Crippen LogP contribution in [0, 0.1) is 0 Å². The van der Waals surface area contributed by atoms with Crippen molar-refractivity contribution in [1.82, 2.24) is 34.8 Å². The molecule has 0 spiro atoms. The number of benzene rings is 1. The Morgan fingerprint density at radius 3 is 2.79 bits per heavy atom. The van der Waals surface area contributed by atoms with Crippen LogP contribution in [0.2, 0.25) is 0 Å². The molecule has 0 radical (unpaired) electrons. The van der Waals surface area contributed by atoms with Crippen LogP contribution in [0.4, 0.5) is 11.6 Å². The Morgan fingerprint density at radius 1 is 1.17 bits per heavy atom. The number of carbonyl (C=O) groups excluding carboxylic acids is 1. The third kappa shape index (κ3) is 6.12. The van der Waals surface area contributed by atoms with Gasteiger partial charge in [-0.2, -0.15) is 5.10 Å². The second-order valence-electron chi connectivity index (χ2n) is 12.2. The summed E-state index contributed by atoms with van der Waals surface area (Å²) in [6.45, 7) is 12.0. The highest BCUT2D eigenvalue weighted by molar-refractivity contribution is 5.92. The minimum Gasteiger partial charge on any atom is -0.418 e. The number of Topliss-reactive ketones (excluding diaryl/α,β-unsaturated/α-hetero) is 1. The van der Waals surface area contributed by atoms with Gasteiger partial charge in [-0.25, -0.2) is 9.97 Å². The van der Waals surface area contributed by atoms with E-state index in [0.717, 1.165) is 62.6 Å². The molecule has 0 bridgehead atoms. The number of rotatable bonds is 8. The van der Waals surface area contributed by atoms with Crippen molar-refractivity contribution in [2.45, 2.75) is 77.4 Å². The van der Waals surface area contributed by atoms with Crippen molar-refractivity contribution in [3.8, 4) is 11.3 Å². The topological polar surface area (TPSA) is 124 Å². The molecule has 0 saturated carbocycles. The van der Waals surface area contributed by atoms with Gasteiger partial charge < -0.3 is 14.5 Å². The van der Waals surface area contributed by atoms with Crippen LogP contribution in [0.15, 0.2) is 47.3 Å². The zero-order chi connectivity index (χ0) is 29.3. The van der Waals surface area contributed by atoms with E-state index in [4.69, 9.17) is 14.1 Å². The van der Waals surface area contributed by atoms with Gasteiger partial charge in [0.15, 0.2) is 0 Å². The summed E-state index contributed by atoms with van der Waals surface area (Å²) in [4.78, 5) is 25.1. The first-order valence-electron chi connectivity index (χ1n) is 14.7. The molecule has 1 aromatic carbocycles. The molecule has 5 heterocycles. The van der Waals surface area contributed by atoms with Crippen LogP contribution in [0.3, 0.4) is 0 Å². The average Bonchev–Trinajstić information content (AvgIpc) is 3.75. The maximum absolute atomic E-state index is 13.3. The lowest BCUT2D eigenvalue weighted by Crippen LogP contribution is -2.35. The number of anilines is 2. The zero-order valence-corrected chi connectivity index (χ0v) is 24.7. The monoisotopic (exact) mass is 570 g/mol. The maximum Gasteiger partial charge on any atom is 0.284 e. The molecule has 220 valence electrons. The Labute approximate surface area is 245 Å². The molecule has 2 aliphatic heterocycles. The first-order valence-corrected chi connectivity index (χ1v) is 14.7. The highest BCUT2D eigenvalue weighted by Gasteiger charge is 2.32. The van der Waals surface area contributed by atoms with E-state index in [9.17, 15) is 4.79 Å². The number of aryl methyl sites for hydroxylation is 1. The molecule has 1 saturated heterocycles. The third-order valence-corrected chi connectivity index (χ3v) is 8.04. The van der Waals surface area contributed by atoms with E-state index < -0.39 is 0 Å². The Hall–Kier alpha value is -3.96. The van der Waals surface area contributed by atoms with Gasteiger partial charge in [-0.15, -0.1) is 10.2 Å². The minimum atomic E-state index is -0.311. The molecule has 2 aliphatic rings. The molecule has 1 N–H and O–H groups in total. The largest absolute Gasteiger partial charge is 0.418 e. The van der Waals surface area contributed by atoms with Crippen LogP contribution in [0.25, 0.3) is 11.3 Å². The van der Waals surface area contributed by atoms with Gasteiger partial charge in [-0.05, 0) is 55.5 Å². The van der Waals surface area contributed by atoms with Crippen molar-refractivity contribution in [1.29, 1.82) is 0 Å². The van der Waals surface area contributed by atoms with E-state index in [0.29, 0.717) is 24.3 Å². The fourth-order valence-electron chi connectivity index (χ4n) is 5.67. The van der Waals surface area contributed by atoms with Crippen molar-refractivity contribution in [3.05, 3.63) is 65.8 Å². The molecular weight excluding hydrogens is 532 g/mol. The molecule has 0 amide bonds. The van der Waals surface area contributed by atoms with Gasteiger partial charge in [0.05, 0.1) is 24.2 Å². The smallest absolute Gasteiger partial charge is 0.284 e. The second-order valence-corrected chi connectivity index (χ2v) is 12.2. The SMILES string of the molecule is CCn1cc(Nc2nccc(-c3ccc4c(c3)CN([C@@H]3CCOC3)CC[C@@H]4CC(=O)c3nnc(C(C)(C)C)o3)n2)cn1. The van der Waals surface area contributed by atoms with E-state index >= 15 is 0 Å². The molecule has 0 aliphatic carbocycles. The zero-order valence-electron chi connectivity index (χ0n) is 24.7. The van der Waals surface area contributed by atoms with Crippen molar-refractivity contribution in [2.24, 2.45) is 0 Å². The molecule has 0 unspecified atom stereocenters. The molecular formula is C31H38N8O3. The predicted octanol–water partition coefficient (Wildman–Crippen LogP) is 5.14. The van der Waals surface area contributed by atoms with E-state index in [1.807, 2.05) is 44.6 Å². The number of aromatic nitrogens is 6. The highest BCUT2D eigenvalue weighted by Crippen LogP contribution is 2.36. The predicted molar refractivity (Wildman–Crippen MR) is 158 cm³/mol. The summed E-state index contributed by atoms with van der Waals surface area (Å²) in [6, 6.07) is 8.76. The van der Waals surface area contributed by atoms with Gasteiger partial charge in [0.1, 0.15) is 0 Å². The van der Waals surface area contributed by atoms with Crippen LogP contribution < -0.4 is 5.32 Å². The van der Waals surface area contributed by atoms with Crippen molar-refractivity contribution in [3.63, 3.8) is 0 Å². The van der Waals surface area contributed by atoms with Crippen LogP contribution in [0.1, 0.15) is 80.6 Å². The Bertz CT molecular complexity index is 1550. The first-order chi connectivity index (χ1) is 20.3. The summed E-state index contributed by atoms with van der Waals surface area (Å²) < 4.78 is 13.4. The summed E-state index contributed by atoms with van der Waals surface area (Å²) in [5.41, 5.74) is 4.75. The van der Waals surface area contributed by atoms with Gasteiger partial charge >= 0.3 is 0 Å². The van der Waals surface area contributed by atoms with Gasteiger partial charge in [0, 0.05) is 55.5 Å².